The monoisotopic (exact) mass is 500 g/mol. The highest BCUT2D eigenvalue weighted by molar-refractivity contribution is 7.88. The van der Waals surface area contributed by atoms with E-state index in [1.54, 1.807) is 5.38 Å². The third-order valence-corrected chi connectivity index (χ3v) is 7.38. The van der Waals surface area contributed by atoms with Crippen LogP contribution in [0.4, 0.5) is 11.4 Å². The van der Waals surface area contributed by atoms with E-state index in [4.69, 9.17) is 9.47 Å². The Morgan fingerprint density at radius 2 is 1.88 bits per heavy atom. The Balaban J connectivity index is 1.27. The lowest BCUT2D eigenvalue weighted by Gasteiger charge is -2.34. The Bertz CT molecular complexity index is 1320. The molecule has 1 aromatic heterocycles. The van der Waals surface area contributed by atoms with E-state index in [9.17, 15) is 13.2 Å². The molecule has 0 bridgehead atoms. The lowest BCUT2D eigenvalue weighted by atomic mass is 10.0. The first-order chi connectivity index (χ1) is 16.4. The number of benzene rings is 2. The molecule has 0 unspecified atom stereocenters. The SMILES string of the molecule is CS(=O)(=O)NC1CCN(c2ccccc2NC(=O)c2csc(-c3ccc4c(c3)OCO4)n2)CC1. The van der Waals surface area contributed by atoms with E-state index in [0.29, 0.717) is 48.8 Å². The van der Waals surface area contributed by atoms with E-state index in [0.717, 1.165) is 16.3 Å². The zero-order valence-electron chi connectivity index (χ0n) is 18.5. The van der Waals surface area contributed by atoms with Crippen molar-refractivity contribution in [3.63, 3.8) is 0 Å². The maximum atomic E-state index is 13.0. The van der Waals surface area contributed by atoms with Crippen molar-refractivity contribution in [1.82, 2.24) is 9.71 Å². The van der Waals surface area contributed by atoms with Crippen LogP contribution in [0.5, 0.6) is 11.5 Å². The number of fused-ring (bicyclic) bond motifs is 1. The number of aromatic nitrogens is 1. The molecule has 1 saturated heterocycles. The van der Waals surface area contributed by atoms with Crippen molar-refractivity contribution in [1.29, 1.82) is 0 Å². The number of nitrogens with zero attached hydrogens (tertiary/aromatic N) is 2. The topological polar surface area (TPSA) is 110 Å². The first-order valence-electron chi connectivity index (χ1n) is 10.8. The average molecular weight is 501 g/mol. The Labute approximate surface area is 201 Å². The highest BCUT2D eigenvalue weighted by Gasteiger charge is 2.24. The summed E-state index contributed by atoms with van der Waals surface area (Å²) in [5.41, 5.74) is 2.79. The maximum absolute atomic E-state index is 13.0. The molecule has 0 aliphatic carbocycles. The summed E-state index contributed by atoms with van der Waals surface area (Å²) in [5.74, 6) is 1.08. The second kappa shape index (κ2) is 9.24. The lowest BCUT2D eigenvalue weighted by Crippen LogP contribution is -2.44. The fourth-order valence-corrected chi connectivity index (χ4v) is 5.76. The molecule has 3 aromatic rings. The van der Waals surface area contributed by atoms with E-state index >= 15 is 0 Å². The van der Waals surface area contributed by atoms with Gasteiger partial charge in [0.25, 0.3) is 5.91 Å². The number of ether oxygens (including phenoxy) is 2. The van der Waals surface area contributed by atoms with E-state index in [1.807, 2.05) is 42.5 Å². The summed E-state index contributed by atoms with van der Waals surface area (Å²) in [7, 11) is -3.23. The van der Waals surface area contributed by atoms with Crippen molar-refractivity contribution < 1.29 is 22.7 Å². The van der Waals surface area contributed by atoms with Crippen LogP contribution in [-0.4, -0.2) is 51.5 Å². The summed E-state index contributed by atoms with van der Waals surface area (Å²) in [6.45, 7) is 1.58. The largest absolute Gasteiger partial charge is 0.454 e. The lowest BCUT2D eigenvalue weighted by molar-refractivity contribution is 0.102. The summed E-state index contributed by atoms with van der Waals surface area (Å²) in [4.78, 5) is 19.7. The van der Waals surface area contributed by atoms with Gasteiger partial charge in [-0.3, -0.25) is 4.79 Å². The molecule has 9 nitrogen and oxygen atoms in total. The second-order valence-electron chi connectivity index (χ2n) is 8.23. The van der Waals surface area contributed by atoms with Crippen LogP contribution < -0.4 is 24.4 Å². The minimum Gasteiger partial charge on any atom is -0.454 e. The summed E-state index contributed by atoms with van der Waals surface area (Å²) in [5, 5.41) is 5.44. The number of piperidine rings is 1. The smallest absolute Gasteiger partial charge is 0.275 e. The van der Waals surface area contributed by atoms with Crippen molar-refractivity contribution in [2.45, 2.75) is 18.9 Å². The fraction of sp³-hybridized carbons (Fsp3) is 0.304. The molecule has 0 spiro atoms. The van der Waals surface area contributed by atoms with Gasteiger partial charge in [-0.1, -0.05) is 12.1 Å². The Kier molecular flexibility index (Phi) is 6.15. The first kappa shape index (κ1) is 22.6. The van der Waals surface area contributed by atoms with Crippen LogP contribution in [0.2, 0.25) is 0 Å². The molecule has 1 amide bonds. The third-order valence-electron chi connectivity index (χ3n) is 5.72. The summed E-state index contributed by atoms with van der Waals surface area (Å²) < 4.78 is 36.5. The molecule has 1 fully saturated rings. The minimum absolute atomic E-state index is 0.0717. The number of carbonyl (C=O) groups is 1. The van der Waals surface area contributed by atoms with Crippen molar-refractivity contribution in [3.05, 3.63) is 53.5 Å². The van der Waals surface area contributed by atoms with Crippen LogP contribution in [0.25, 0.3) is 10.6 Å². The third kappa shape index (κ3) is 5.01. The van der Waals surface area contributed by atoms with Crippen molar-refractivity contribution in [2.75, 3.05) is 36.4 Å². The molecule has 2 N–H and O–H groups in total. The number of carbonyl (C=O) groups excluding carboxylic acids is 1. The number of nitrogens with one attached hydrogen (secondary N) is 2. The molecule has 5 rings (SSSR count). The molecule has 0 atom stereocenters. The van der Waals surface area contributed by atoms with E-state index in [1.165, 1.54) is 17.6 Å². The number of hydrogen-bond donors (Lipinski definition) is 2. The number of thiazole rings is 1. The summed E-state index contributed by atoms with van der Waals surface area (Å²) in [6.07, 6.45) is 2.57. The molecule has 11 heteroatoms. The van der Waals surface area contributed by atoms with E-state index < -0.39 is 10.0 Å². The van der Waals surface area contributed by atoms with Crippen molar-refractivity contribution in [2.24, 2.45) is 0 Å². The van der Waals surface area contributed by atoms with Crippen molar-refractivity contribution >= 4 is 38.6 Å². The molecule has 0 saturated carbocycles. The Morgan fingerprint density at radius 1 is 1.12 bits per heavy atom. The van der Waals surface area contributed by atoms with Gasteiger partial charge < -0.3 is 19.7 Å². The highest BCUT2D eigenvalue weighted by Crippen LogP contribution is 2.37. The van der Waals surface area contributed by atoms with Crippen LogP contribution in [0, 0.1) is 0 Å². The van der Waals surface area contributed by atoms with Crippen LogP contribution in [-0.2, 0) is 10.0 Å². The Hall–Kier alpha value is -3.15. The zero-order chi connectivity index (χ0) is 23.7. The molecule has 0 radical (unpaired) electrons. The summed E-state index contributed by atoms with van der Waals surface area (Å²) >= 11 is 1.39. The standard InChI is InChI=1S/C23H24N4O5S2/c1-34(29,30)26-16-8-10-27(11-9-16)19-5-3-2-4-17(19)24-22(28)18-13-33-23(25-18)15-6-7-20-21(12-15)32-14-31-20/h2-7,12-13,16,26H,8-11,14H2,1H3,(H,24,28). The van der Waals surface area contributed by atoms with Gasteiger partial charge in [-0.2, -0.15) is 0 Å². The van der Waals surface area contributed by atoms with Gasteiger partial charge in [0.05, 0.1) is 17.6 Å². The highest BCUT2D eigenvalue weighted by atomic mass is 32.2. The fourth-order valence-electron chi connectivity index (χ4n) is 4.12. The van der Waals surface area contributed by atoms with Gasteiger partial charge in [0.2, 0.25) is 16.8 Å². The molecule has 178 valence electrons. The molecule has 34 heavy (non-hydrogen) atoms. The number of anilines is 2. The van der Waals surface area contributed by atoms with Crippen molar-refractivity contribution in [3.8, 4) is 22.1 Å². The average Bonchev–Trinajstić information content (AvgIpc) is 3.48. The van der Waals surface area contributed by atoms with E-state index in [2.05, 4.69) is 19.9 Å². The molecule has 2 aliphatic heterocycles. The van der Waals surface area contributed by atoms with Gasteiger partial charge in [-0.25, -0.2) is 18.1 Å². The van der Waals surface area contributed by atoms with Gasteiger partial charge in [0.1, 0.15) is 10.7 Å². The van der Waals surface area contributed by atoms with Crippen LogP contribution in [0.15, 0.2) is 47.8 Å². The maximum Gasteiger partial charge on any atom is 0.275 e. The first-order valence-corrected chi connectivity index (χ1v) is 13.6. The van der Waals surface area contributed by atoms with Gasteiger partial charge >= 0.3 is 0 Å². The van der Waals surface area contributed by atoms with Crippen LogP contribution in [0.1, 0.15) is 23.3 Å². The number of amides is 1. The molecule has 2 aliphatic rings. The number of sulfonamides is 1. The molecule has 2 aromatic carbocycles. The van der Waals surface area contributed by atoms with Gasteiger partial charge in [0.15, 0.2) is 11.5 Å². The minimum atomic E-state index is -3.23. The second-order valence-corrected chi connectivity index (χ2v) is 10.9. The van der Waals surface area contributed by atoms with Gasteiger partial charge in [0, 0.05) is 30.1 Å². The summed E-state index contributed by atoms with van der Waals surface area (Å²) in [6, 6.07) is 13.1. The van der Waals surface area contributed by atoms with Gasteiger partial charge in [-0.15, -0.1) is 11.3 Å². The Morgan fingerprint density at radius 3 is 2.68 bits per heavy atom. The number of para-hydroxylation sites is 2. The van der Waals surface area contributed by atoms with Gasteiger partial charge in [-0.05, 0) is 43.2 Å². The van der Waals surface area contributed by atoms with Crippen LogP contribution in [0.3, 0.4) is 0 Å². The predicted octanol–water partition coefficient (Wildman–Crippen LogP) is 3.31. The zero-order valence-corrected chi connectivity index (χ0v) is 20.1. The molecule has 3 heterocycles. The molecular formula is C23H24N4O5S2. The van der Waals surface area contributed by atoms with Crippen LogP contribution >= 0.6 is 11.3 Å². The van der Waals surface area contributed by atoms with E-state index in [-0.39, 0.29) is 18.7 Å². The number of hydrogen-bond acceptors (Lipinski definition) is 8. The normalized spacial score (nSPS) is 16.0. The number of rotatable bonds is 6. The predicted molar refractivity (Wildman–Crippen MR) is 131 cm³/mol. The quantitative estimate of drug-likeness (QED) is 0.534. The molecular weight excluding hydrogens is 476 g/mol.